The maximum atomic E-state index is 11.8. The van der Waals surface area contributed by atoms with Crippen molar-refractivity contribution in [2.24, 2.45) is 0 Å². The number of hydrogen-bond donors (Lipinski definition) is 3. The second-order valence-corrected chi connectivity index (χ2v) is 3.52. The first-order valence-electron chi connectivity index (χ1n) is 5.21. The molecule has 0 aliphatic heterocycles. The molecule has 0 unspecified atom stereocenters. The van der Waals surface area contributed by atoms with Gasteiger partial charge in [-0.15, -0.1) is 0 Å². The maximum Gasteiger partial charge on any atom is 0.488 e. The standard InChI is InChI=1S/C11H10BN3O3/c16-10(15-11-13-6-1-7-14-11)8-2-4-9(5-3-8)12(17)18/h1-7,17-18H,(H,13,14,15,16). The van der Waals surface area contributed by atoms with Crippen LogP contribution in [0.5, 0.6) is 0 Å². The summed E-state index contributed by atoms with van der Waals surface area (Å²) in [6.45, 7) is 0. The van der Waals surface area contributed by atoms with Crippen LogP contribution in [0.25, 0.3) is 0 Å². The average Bonchev–Trinajstić information content (AvgIpc) is 2.40. The first-order valence-corrected chi connectivity index (χ1v) is 5.21. The normalized spacial score (nSPS) is 9.89. The monoisotopic (exact) mass is 243 g/mol. The minimum absolute atomic E-state index is 0.216. The number of rotatable bonds is 3. The van der Waals surface area contributed by atoms with E-state index in [0.717, 1.165) is 0 Å². The van der Waals surface area contributed by atoms with Gasteiger partial charge in [0.1, 0.15) is 0 Å². The number of amides is 1. The third-order valence-corrected chi connectivity index (χ3v) is 2.26. The van der Waals surface area contributed by atoms with Gasteiger partial charge in [-0.05, 0) is 23.7 Å². The Bertz CT molecular complexity index is 531. The summed E-state index contributed by atoms with van der Waals surface area (Å²) in [5.74, 6) is -0.144. The molecular weight excluding hydrogens is 233 g/mol. The number of benzene rings is 1. The van der Waals surface area contributed by atoms with Crippen molar-refractivity contribution in [3.05, 3.63) is 48.3 Å². The Labute approximate surface area is 103 Å². The van der Waals surface area contributed by atoms with Gasteiger partial charge in [-0.1, -0.05) is 12.1 Å². The van der Waals surface area contributed by atoms with Gasteiger partial charge in [-0.3, -0.25) is 10.1 Å². The van der Waals surface area contributed by atoms with Crippen molar-refractivity contribution >= 4 is 24.4 Å². The molecule has 0 radical (unpaired) electrons. The molecule has 1 aromatic heterocycles. The number of carbonyl (C=O) groups excluding carboxylic acids is 1. The molecule has 0 spiro atoms. The lowest BCUT2D eigenvalue weighted by Crippen LogP contribution is -2.29. The zero-order valence-corrected chi connectivity index (χ0v) is 9.32. The summed E-state index contributed by atoms with van der Waals surface area (Å²) < 4.78 is 0. The Morgan fingerprint density at radius 2 is 1.72 bits per heavy atom. The van der Waals surface area contributed by atoms with Crippen molar-refractivity contribution in [1.29, 1.82) is 0 Å². The predicted molar refractivity (Wildman–Crippen MR) is 66.3 cm³/mol. The minimum atomic E-state index is -1.54. The van der Waals surface area contributed by atoms with Gasteiger partial charge in [0, 0.05) is 18.0 Å². The highest BCUT2D eigenvalue weighted by Gasteiger charge is 2.12. The van der Waals surface area contributed by atoms with Crippen LogP contribution >= 0.6 is 0 Å². The van der Waals surface area contributed by atoms with Crippen molar-refractivity contribution < 1.29 is 14.8 Å². The fraction of sp³-hybridized carbons (Fsp3) is 0. The number of nitrogens with zero attached hydrogens (tertiary/aromatic N) is 2. The third kappa shape index (κ3) is 2.90. The summed E-state index contributed by atoms with van der Waals surface area (Å²) in [6.07, 6.45) is 3.04. The van der Waals surface area contributed by atoms with Gasteiger partial charge in [0.25, 0.3) is 5.91 Å². The molecule has 18 heavy (non-hydrogen) atoms. The van der Waals surface area contributed by atoms with Gasteiger partial charge in [-0.25, -0.2) is 9.97 Å². The number of aromatic nitrogens is 2. The van der Waals surface area contributed by atoms with E-state index in [1.165, 1.54) is 36.7 Å². The molecule has 1 amide bonds. The summed E-state index contributed by atoms with van der Waals surface area (Å²) in [7, 11) is -1.54. The molecule has 90 valence electrons. The molecule has 0 fully saturated rings. The van der Waals surface area contributed by atoms with Crippen molar-refractivity contribution in [2.75, 3.05) is 5.32 Å². The summed E-state index contributed by atoms with van der Waals surface area (Å²) >= 11 is 0. The van der Waals surface area contributed by atoms with Crippen LogP contribution in [0.3, 0.4) is 0 Å². The van der Waals surface area contributed by atoms with Crippen molar-refractivity contribution in [2.45, 2.75) is 0 Å². The van der Waals surface area contributed by atoms with Crippen LogP contribution in [0.15, 0.2) is 42.7 Å². The van der Waals surface area contributed by atoms with E-state index >= 15 is 0 Å². The zero-order chi connectivity index (χ0) is 13.0. The topological polar surface area (TPSA) is 95.3 Å². The second-order valence-electron chi connectivity index (χ2n) is 3.52. The lowest BCUT2D eigenvalue weighted by molar-refractivity contribution is 0.102. The van der Waals surface area contributed by atoms with Crippen LogP contribution in [0.2, 0.25) is 0 Å². The fourth-order valence-corrected chi connectivity index (χ4v) is 1.34. The van der Waals surface area contributed by atoms with E-state index < -0.39 is 7.12 Å². The molecule has 6 nitrogen and oxygen atoms in total. The van der Waals surface area contributed by atoms with Crippen LogP contribution in [-0.4, -0.2) is 33.0 Å². The van der Waals surface area contributed by atoms with E-state index in [9.17, 15) is 4.79 Å². The smallest absolute Gasteiger partial charge is 0.423 e. The van der Waals surface area contributed by atoms with Crippen molar-refractivity contribution in [1.82, 2.24) is 9.97 Å². The molecule has 0 atom stereocenters. The molecule has 0 saturated carbocycles. The first-order chi connectivity index (χ1) is 8.66. The molecule has 0 aliphatic carbocycles. The molecule has 0 bridgehead atoms. The van der Waals surface area contributed by atoms with Crippen molar-refractivity contribution in [3.63, 3.8) is 0 Å². The van der Waals surface area contributed by atoms with Gasteiger partial charge in [-0.2, -0.15) is 0 Å². The van der Waals surface area contributed by atoms with Gasteiger partial charge < -0.3 is 10.0 Å². The highest BCUT2D eigenvalue weighted by Crippen LogP contribution is 2.02. The Hall–Kier alpha value is -2.25. The summed E-state index contributed by atoms with van der Waals surface area (Å²) in [5, 5.41) is 20.4. The SMILES string of the molecule is O=C(Nc1ncccn1)c1ccc(B(O)O)cc1. The molecule has 2 rings (SSSR count). The number of hydrogen-bond acceptors (Lipinski definition) is 5. The van der Waals surface area contributed by atoms with E-state index in [0.29, 0.717) is 11.0 Å². The highest BCUT2D eigenvalue weighted by atomic mass is 16.4. The Kier molecular flexibility index (Phi) is 3.66. The molecule has 1 aromatic carbocycles. The molecule has 7 heteroatoms. The molecule has 1 heterocycles. The van der Waals surface area contributed by atoms with E-state index in [4.69, 9.17) is 10.0 Å². The van der Waals surface area contributed by atoms with E-state index in [-0.39, 0.29) is 11.9 Å². The largest absolute Gasteiger partial charge is 0.488 e. The fourth-order valence-electron chi connectivity index (χ4n) is 1.34. The molecule has 3 N–H and O–H groups in total. The maximum absolute atomic E-state index is 11.8. The van der Waals surface area contributed by atoms with E-state index in [1.807, 2.05) is 0 Å². The van der Waals surface area contributed by atoms with Gasteiger partial charge in [0.05, 0.1) is 0 Å². The number of carbonyl (C=O) groups is 1. The van der Waals surface area contributed by atoms with Crippen LogP contribution in [0, 0.1) is 0 Å². The number of nitrogens with one attached hydrogen (secondary N) is 1. The average molecular weight is 243 g/mol. The molecular formula is C11H10BN3O3. The number of anilines is 1. The summed E-state index contributed by atoms with van der Waals surface area (Å²) in [6, 6.07) is 7.56. The minimum Gasteiger partial charge on any atom is -0.423 e. The Morgan fingerprint density at radius 1 is 1.11 bits per heavy atom. The molecule has 2 aromatic rings. The second kappa shape index (κ2) is 5.39. The van der Waals surface area contributed by atoms with Gasteiger partial charge >= 0.3 is 7.12 Å². The van der Waals surface area contributed by atoms with E-state index in [2.05, 4.69) is 15.3 Å². The Balaban J connectivity index is 2.10. The van der Waals surface area contributed by atoms with E-state index in [1.54, 1.807) is 6.07 Å². The molecule has 0 aliphatic rings. The van der Waals surface area contributed by atoms with Crippen LogP contribution < -0.4 is 10.8 Å². The lowest BCUT2D eigenvalue weighted by atomic mass is 9.80. The van der Waals surface area contributed by atoms with Crippen LogP contribution in [-0.2, 0) is 0 Å². The van der Waals surface area contributed by atoms with Crippen LogP contribution in [0.4, 0.5) is 5.95 Å². The van der Waals surface area contributed by atoms with Gasteiger partial charge in [0.2, 0.25) is 5.95 Å². The third-order valence-electron chi connectivity index (χ3n) is 2.26. The zero-order valence-electron chi connectivity index (χ0n) is 9.32. The lowest BCUT2D eigenvalue weighted by Gasteiger charge is -2.04. The summed E-state index contributed by atoms with van der Waals surface area (Å²) in [5.41, 5.74) is 0.703. The van der Waals surface area contributed by atoms with Crippen LogP contribution in [0.1, 0.15) is 10.4 Å². The summed E-state index contributed by atoms with van der Waals surface area (Å²) in [4.78, 5) is 19.5. The van der Waals surface area contributed by atoms with Crippen molar-refractivity contribution in [3.8, 4) is 0 Å². The first kappa shape index (κ1) is 12.2. The highest BCUT2D eigenvalue weighted by molar-refractivity contribution is 6.58. The Morgan fingerprint density at radius 3 is 2.28 bits per heavy atom. The molecule has 0 saturated heterocycles. The van der Waals surface area contributed by atoms with Gasteiger partial charge in [0.15, 0.2) is 0 Å². The predicted octanol–water partition coefficient (Wildman–Crippen LogP) is -0.591. The quantitative estimate of drug-likeness (QED) is 0.626.